The third-order valence-corrected chi connectivity index (χ3v) is 4.92. The Morgan fingerprint density at radius 1 is 1.06 bits per heavy atom. The van der Waals surface area contributed by atoms with Crippen LogP contribution in [0.4, 0.5) is 10.5 Å². The Bertz CT molecular complexity index is 994. The molecule has 0 saturated heterocycles. The number of hydrogen-bond donors (Lipinski definition) is 2. The van der Waals surface area contributed by atoms with E-state index in [1.807, 2.05) is 13.0 Å². The predicted molar refractivity (Wildman–Crippen MR) is 124 cm³/mol. The third-order valence-electron chi connectivity index (χ3n) is 4.61. The summed E-state index contributed by atoms with van der Waals surface area (Å²) in [5.74, 6) is -1.03. The van der Waals surface area contributed by atoms with Crippen LogP contribution in [0.3, 0.4) is 0 Å². The second-order valence-corrected chi connectivity index (χ2v) is 8.87. The van der Waals surface area contributed by atoms with E-state index in [-0.39, 0.29) is 6.42 Å². The second kappa shape index (κ2) is 10.5. The Labute approximate surface area is 193 Å². The number of carbonyl (C=O) groups is 3. The Hall–Kier alpha value is -3.06. The lowest BCUT2D eigenvalue weighted by molar-refractivity contribution is -0.142. The molecule has 0 aromatic heterocycles. The van der Waals surface area contributed by atoms with Crippen molar-refractivity contribution in [1.29, 1.82) is 0 Å². The zero-order chi connectivity index (χ0) is 24.1. The van der Waals surface area contributed by atoms with Crippen LogP contribution >= 0.6 is 11.6 Å². The van der Waals surface area contributed by atoms with Crippen LogP contribution in [0.25, 0.3) is 0 Å². The van der Waals surface area contributed by atoms with E-state index in [1.54, 1.807) is 58.0 Å². The molecule has 32 heavy (non-hydrogen) atoms. The van der Waals surface area contributed by atoms with Crippen LogP contribution in [0.5, 0.6) is 0 Å². The van der Waals surface area contributed by atoms with E-state index < -0.39 is 29.6 Å². The normalized spacial score (nSPS) is 12.0. The van der Waals surface area contributed by atoms with Gasteiger partial charge in [0.05, 0.1) is 17.7 Å². The van der Waals surface area contributed by atoms with Crippen LogP contribution in [-0.2, 0) is 20.7 Å². The molecular formula is C24H29ClN2O5. The van der Waals surface area contributed by atoms with Gasteiger partial charge in [-0.25, -0.2) is 9.59 Å². The molecule has 0 aliphatic rings. The summed E-state index contributed by atoms with van der Waals surface area (Å²) in [7, 11) is 1.27. The van der Waals surface area contributed by atoms with Gasteiger partial charge in [0.15, 0.2) is 0 Å². The van der Waals surface area contributed by atoms with Gasteiger partial charge in [-0.05, 0) is 63.4 Å². The van der Waals surface area contributed by atoms with Crippen molar-refractivity contribution in [3.8, 4) is 0 Å². The number of aryl methyl sites for hydroxylation is 2. The first-order valence-corrected chi connectivity index (χ1v) is 10.5. The number of hydrogen-bond acceptors (Lipinski definition) is 5. The van der Waals surface area contributed by atoms with Crippen molar-refractivity contribution in [3.05, 3.63) is 63.7 Å². The van der Waals surface area contributed by atoms with Crippen LogP contribution in [0.2, 0.25) is 5.02 Å². The predicted octanol–water partition coefficient (Wildman–Crippen LogP) is 4.82. The van der Waals surface area contributed by atoms with E-state index in [0.717, 1.165) is 11.1 Å². The fraction of sp³-hybridized carbons (Fsp3) is 0.375. The Morgan fingerprint density at radius 2 is 1.75 bits per heavy atom. The number of anilines is 1. The molecular weight excluding hydrogens is 432 g/mol. The highest BCUT2D eigenvalue weighted by Gasteiger charge is 2.25. The van der Waals surface area contributed by atoms with Crippen LogP contribution < -0.4 is 10.6 Å². The number of nitrogens with one attached hydrogen (secondary N) is 2. The fourth-order valence-electron chi connectivity index (χ4n) is 3.13. The summed E-state index contributed by atoms with van der Waals surface area (Å²) in [6.07, 6.45) is -0.349. The molecule has 0 saturated carbocycles. The van der Waals surface area contributed by atoms with Crippen LogP contribution in [0, 0.1) is 13.8 Å². The molecule has 0 aliphatic heterocycles. The summed E-state index contributed by atoms with van der Waals surface area (Å²) >= 11 is 6.18. The van der Waals surface area contributed by atoms with Crippen molar-refractivity contribution in [3.63, 3.8) is 0 Å². The molecule has 0 bridgehead atoms. The number of halogens is 1. The summed E-state index contributed by atoms with van der Waals surface area (Å²) in [4.78, 5) is 37.2. The van der Waals surface area contributed by atoms with E-state index >= 15 is 0 Å². The van der Waals surface area contributed by atoms with Gasteiger partial charge in [-0.15, -0.1) is 0 Å². The molecule has 7 nitrogen and oxygen atoms in total. The van der Waals surface area contributed by atoms with Gasteiger partial charge in [-0.2, -0.15) is 0 Å². The quantitative estimate of drug-likeness (QED) is 0.603. The minimum atomic E-state index is -0.910. The first kappa shape index (κ1) is 25.2. The van der Waals surface area contributed by atoms with Crippen LogP contribution in [0.1, 0.15) is 47.8 Å². The number of esters is 1. The topological polar surface area (TPSA) is 93.7 Å². The molecule has 2 N–H and O–H groups in total. The standard InChI is InChI=1S/C24H29ClN2O5/c1-14-8-7-9-17(25)20(14)21(28)26-19(22(29)31-6)13-16-10-11-18(15(2)12-16)27-23(30)32-24(3,4)5/h7-12,19H,13H2,1-6H3,(H,26,28)(H,27,30). The second-order valence-electron chi connectivity index (χ2n) is 8.46. The first-order chi connectivity index (χ1) is 14.9. The van der Waals surface area contributed by atoms with Crippen molar-refractivity contribution < 1.29 is 23.9 Å². The number of carbonyl (C=O) groups excluding carboxylic acids is 3. The lowest BCUT2D eigenvalue weighted by atomic mass is 10.0. The van der Waals surface area contributed by atoms with Gasteiger partial charge < -0.3 is 14.8 Å². The molecule has 1 atom stereocenters. The molecule has 0 radical (unpaired) electrons. The molecule has 2 amide bonds. The molecule has 8 heteroatoms. The number of ether oxygens (including phenoxy) is 2. The molecule has 0 heterocycles. The van der Waals surface area contributed by atoms with Gasteiger partial charge in [0, 0.05) is 12.1 Å². The maximum absolute atomic E-state index is 12.8. The summed E-state index contributed by atoms with van der Waals surface area (Å²) < 4.78 is 10.1. The zero-order valence-electron chi connectivity index (χ0n) is 19.2. The summed E-state index contributed by atoms with van der Waals surface area (Å²) in [5, 5.41) is 5.73. The maximum Gasteiger partial charge on any atom is 0.412 e. The van der Waals surface area contributed by atoms with Crippen molar-refractivity contribution >= 4 is 35.3 Å². The van der Waals surface area contributed by atoms with Crippen LogP contribution in [0.15, 0.2) is 36.4 Å². The van der Waals surface area contributed by atoms with Crippen molar-refractivity contribution in [2.75, 3.05) is 12.4 Å². The molecule has 0 fully saturated rings. The highest BCUT2D eigenvalue weighted by molar-refractivity contribution is 6.34. The van der Waals surface area contributed by atoms with Gasteiger partial charge in [-0.3, -0.25) is 10.1 Å². The minimum Gasteiger partial charge on any atom is -0.467 e. The Morgan fingerprint density at radius 3 is 2.31 bits per heavy atom. The van der Waals surface area contributed by atoms with E-state index in [1.165, 1.54) is 7.11 Å². The average molecular weight is 461 g/mol. The Kier molecular flexibility index (Phi) is 8.27. The molecule has 2 aromatic rings. The Balaban J connectivity index is 2.17. The molecule has 172 valence electrons. The number of rotatable bonds is 6. The van der Waals surface area contributed by atoms with E-state index in [0.29, 0.717) is 21.8 Å². The summed E-state index contributed by atoms with van der Waals surface area (Å²) in [6, 6.07) is 9.56. The minimum absolute atomic E-state index is 0.204. The largest absolute Gasteiger partial charge is 0.467 e. The molecule has 2 aromatic carbocycles. The first-order valence-electron chi connectivity index (χ1n) is 10.1. The summed E-state index contributed by atoms with van der Waals surface area (Å²) in [6.45, 7) is 8.96. The van der Waals surface area contributed by atoms with Gasteiger partial charge in [0.2, 0.25) is 0 Å². The van der Waals surface area contributed by atoms with Gasteiger partial charge >= 0.3 is 12.1 Å². The smallest absolute Gasteiger partial charge is 0.412 e. The van der Waals surface area contributed by atoms with Crippen LogP contribution in [-0.4, -0.2) is 36.7 Å². The lowest BCUT2D eigenvalue weighted by Crippen LogP contribution is -2.43. The van der Waals surface area contributed by atoms with E-state index in [2.05, 4.69) is 10.6 Å². The van der Waals surface area contributed by atoms with Gasteiger partial charge in [0.25, 0.3) is 5.91 Å². The lowest BCUT2D eigenvalue weighted by Gasteiger charge is -2.21. The third kappa shape index (κ3) is 6.99. The monoisotopic (exact) mass is 460 g/mol. The highest BCUT2D eigenvalue weighted by atomic mass is 35.5. The van der Waals surface area contributed by atoms with E-state index in [4.69, 9.17) is 21.1 Å². The fourth-order valence-corrected chi connectivity index (χ4v) is 3.44. The number of methoxy groups -OCH3 is 1. The summed E-state index contributed by atoms with van der Waals surface area (Å²) in [5.41, 5.74) is 2.56. The SMILES string of the molecule is COC(=O)C(Cc1ccc(NC(=O)OC(C)(C)C)c(C)c1)NC(=O)c1c(C)cccc1Cl. The molecule has 2 rings (SSSR count). The van der Waals surface area contributed by atoms with E-state index in [9.17, 15) is 14.4 Å². The zero-order valence-corrected chi connectivity index (χ0v) is 19.9. The highest BCUT2D eigenvalue weighted by Crippen LogP contribution is 2.21. The molecule has 0 spiro atoms. The average Bonchev–Trinajstić information content (AvgIpc) is 2.67. The van der Waals surface area contributed by atoms with Crippen molar-refractivity contribution in [2.45, 2.75) is 52.7 Å². The van der Waals surface area contributed by atoms with Gasteiger partial charge in [-0.1, -0.05) is 35.9 Å². The number of benzene rings is 2. The van der Waals surface area contributed by atoms with Crippen molar-refractivity contribution in [1.82, 2.24) is 5.32 Å². The number of amides is 2. The van der Waals surface area contributed by atoms with Gasteiger partial charge in [0.1, 0.15) is 11.6 Å². The van der Waals surface area contributed by atoms with Crippen molar-refractivity contribution in [2.24, 2.45) is 0 Å². The maximum atomic E-state index is 12.8. The molecule has 1 unspecified atom stereocenters. The molecule has 0 aliphatic carbocycles.